The molecule has 2 saturated heterocycles. The van der Waals surface area contributed by atoms with Gasteiger partial charge in [0.2, 0.25) is 0 Å². The van der Waals surface area contributed by atoms with Crippen LogP contribution in [0.5, 0.6) is 0 Å². The van der Waals surface area contributed by atoms with Crippen LogP contribution < -0.4 is 15.5 Å². The predicted octanol–water partition coefficient (Wildman–Crippen LogP) is 2.68. The molecule has 0 radical (unpaired) electrons. The van der Waals surface area contributed by atoms with Crippen molar-refractivity contribution in [1.29, 1.82) is 0 Å². The Labute approximate surface area is 242 Å². The summed E-state index contributed by atoms with van der Waals surface area (Å²) in [5.41, 5.74) is 3.85. The summed E-state index contributed by atoms with van der Waals surface area (Å²) >= 11 is 6.20. The number of hydrogen-bond acceptors (Lipinski definition) is 8. The van der Waals surface area contributed by atoms with Gasteiger partial charge in [0.25, 0.3) is 5.91 Å². The minimum atomic E-state index is -0.187. The van der Waals surface area contributed by atoms with Gasteiger partial charge in [-0.3, -0.25) is 19.6 Å². The minimum absolute atomic E-state index is 0.0849. The third kappa shape index (κ3) is 6.60. The zero-order chi connectivity index (χ0) is 28.1. The average molecular weight is 568 g/mol. The lowest BCUT2D eigenvalue weighted by atomic mass is 9.97. The number of piperidine rings is 1. The van der Waals surface area contributed by atoms with Gasteiger partial charge in [-0.1, -0.05) is 24.6 Å². The first-order chi connectivity index (χ1) is 19.5. The molecule has 216 valence electrons. The Morgan fingerprint density at radius 1 is 1.20 bits per heavy atom. The maximum absolute atomic E-state index is 12.7. The number of aromatic nitrogens is 1. The zero-order valence-corrected chi connectivity index (χ0v) is 24.5. The van der Waals surface area contributed by atoms with Gasteiger partial charge in [0.15, 0.2) is 0 Å². The number of nitrogens with one attached hydrogen (secondary N) is 2. The Kier molecular flexibility index (Phi) is 9.57. The molecule has 0 spiro atoms. The number of aryl methyl sites for hydroxylation is 1. The molecule has 4 heterocycles. The summed E-state index contributed by atoms with van der Waals surface area (Å²) in [6.45, 7) is 12.1. The number of likely N-dealkylation sites (tertiary alicyclic amines) is 1. The van der Waals surface area contributed by atoms with E-state index in [0.29, 0.717) is 22.7 Å². The molecule has 1 aromatic carbocycles. The number of nitrogens with zero attached hydrogens (tertiary/aromatic N) is 5. The number of hydrogen-bond donors (Lipinski definition) is 3. The number of amides is 1. The number of carbonyl (C=O) groups excluding carboxylic acids is 1. The Balaban J connectivity index is 1.17. The fourth-order valence-corrected chi connectivity index (χ4v) is 6.51. The summed E-state index contributed by atoms with van der Waals surface area (Å²) in [6.07, 6.45) is 5.32. The van der Waals surface area contributed by atoms with Crippen molar-refractivity contribution in [1.82, 2.24) is 25.4 Å². The second-order valence-electron chi connectivity index (χ2n) is 11.1. The van der Waals surface area contributed by atoms with Crippen molar-refractivity contribution in [3.63, 3.8) is 0 Å². The molecule has 9 nitrogen and oxygen atoms in total. The number of amidine groups is 1. The highest BCUT2D eigenvalue weighted by molar-refractivity contribution is 6.31. The molecule has 1 aromatic heterocycles. The molecule has 40 heavy (non-hydrogen) atoms. The molecule has 1 unspecified atom stereocenters. The van der Waals surface area contributed by atoms with E-state index in [-0.39, 0.29) is 19.1 Å². The van der Waals surface area contributed by atoms with Crippen molar-refractivity contribution in [3.05, 3.63) is 57.7 Å². The molecule has 1 atom stereocenters. The molecule has 0 bridgehead atoms. The molecule has 1 amide bonds. The van der Waals surface area contributed by atoms with Crippen LogP contribution >= 0.6 is 11.6 Å². The van der Waals surface area contributed by atoms with Crippen LogP contribution in [0.4, 0.5) is 5.82 Å². The van der Waals surface area contributed by atoms with Crippen LogP contribution in [-0.2, 0) is 6.54 Å². The molecule has 3 aliphatic heterocycles. The van der Waals surface area contributed by atoms with Gasteiger partial charge in [-0.25, -0.2) is 4.98 Å². The van der Waals surface area contributed by atoms with E-state index < -0.39 is 0 Å². The van der Waals surface area contributed by atoms with Gasteiger partial charge in [0, 0.05) is 73.7 Å². The standard InChI is InChI=1S/C30H42ClN7O2/c1-3-25-20-37(29-21(2)16-23(18-35-29)28-32-8-9-33-28)13-14-38(25)26-6-11-36(12-7-26)19-22-4-5-24(31)17-27(22)30(40)34-10-15-39/h4-5,16-18,25-26,39H,3,6-15,19-20H2,1-2H3,(H,32,33)(H,34,40). The van der Waals surface area contributed by atoms with Gasteiger partial charge in [-0.15, -0.1) is 0 Å². The first-order valence-electron chi connectivity index (χ1n) is 14.6. The van der Waals surface area contributed by atoms with E-state index in [1.165, 1.54) is 5.56 Å². The van der Waals surface area contributed by atoms with Crippen molar-refractivity contribution >= 4 is 29.2 Å². The Morgan fingerprint density at radius 2 is 2.02 bits per heavy atom. The first kappa shape index (κ1) is 28.8. The third-order valence-corrected chi connectivity index (χ3v) is 8.67. The highest BCUT2D eigenvalue weighted by Gasteiger charge is 2.34. The van der Waals surface area contributed by atoms with Crippen LogP contribution in [0, 0.1) is 6.92 Å². The van der Waals surface area contributed by atoms with E-state index in [1.54, 1.807) is 6.07 Å². The maximum atomic E-state index is 12.7. The molecule has 0 aliphatic carbocycles. The molecule has 5 rings (SSSR count). The van der Waals surface area contributed by atoms with Crippen molar-refractivity contribution in [2.24, 2.45) is 4.99 Å². The molecule has 10 heteroatoms. The maximum Gasteiger partial charge on any atom is 0.251 e. The second kappa shape index (κ2) is 13.3. The minimum Gasteiger partial charge on any atom is -0.395 e. The fourth-order valence-electron chi connectivity index (χ4n) is 6.34. The molecule has 2 fully saturated rings. The van der Waals surface area contributed by atoms with Crippen LogP contribution in [0.3, 0.4) is 0 Å². The molecular weight excluding hydrogens is 526 g/mol. The van der Waals surface area contributed by atoms with E-state index >= 15 is 0 Å². The van der Waals surface area contributed by atoms with Crippen LogP contribution in [0.15, 0.2) is 35.5 Å². The number of anilines is 1. The van der Waals surface area contributed by atoms with Gasteiger partial charge in [-0.2, -0.15) is 0 Å². The number of aliphatic hydroxyl groups excluding tert-OH is 1. The summed E-state index contributed by atoms with van der Waals surface area (Å²) in [5.74, 6) is 1.87. The first-order valence-corrected chi connectivity index (χ1v) is 15.0. The number of aliphatic imine (C=N–C) groups is 1. The van der Waals surface area contributed by atoms with E-state index in [1.807, 2.05) is 18.3 Å². The molecular formula is C30H42ClN7O2. The smallest absolute Gasteiger partial charge is 0.251 e. The van der Waals surface area contributed by atoms with E-state index in [9.17, 15) is 4.79 Å². The van der Waals surface area contributed by atoms with Crippen LogP contribution in [-0.4, -0.2) is 103 Å². The van der Waals surface area contributed by atoms with Gasteiger partial charge in [0.05, 0.1) is 13.2 Å². The number of carbonyl (C=O) groups is 1. The quantitative estimate of drug-likeness (QED) is 0.429. The average Bonchev–Trinajstić information content (AvgIpc) is 3.52. The normalized spacial score (nSPS) is 20.9. The monoisotopic (exact) mass is 567 g/mol. The van der Waals surface area contributed by atoms with Crippen LogP contribution in [0.25, 0.3) is 0 Å². The van der Waals surface area contributed by atoms with E-state index in [4.69, 9.17) is 21.7 Å². The van der Waals surface area contributed by atoms with E-state index in [0.717, 1.165) is 94.4 Å². The molecule has 3 aliphatic rings. The van der Waals surface area contributed by atoms with Gasteiger partial charge < -0.3 is 20.6 Å². The second-order valence-corrected chi connectivity index (χ2v) is 11.5. The summed E-state index contributed by atoms with van der Waals surface area (Å²) in [5, 5.41) is 15.7. The number of piperazine rings is 1. The molecule has 3 N–H and O–H groups in total. The Morgan fingerprint density at radius 3 is 2.73 bits per heavy atom. The van der Waals surface area contributed by atoms with Crippen molar-refractivity contribution in [3.8, 4) is 0 Å². The summed E-state index contributed by atoms with van der Waals surface area (Å²) in [4.78, 5) is 29.7. The van der Waals surface area contributed by atoms with Crippen LogP contribution in [0.2, 0.25) is 5.02 Å². The van der Waals surface area contributed by atoms with Gasteiger partial charge in [-0.05, 0) is 68.6 Å². The summed E-state index contributed by atoms with van der Waals surface area (Å²) in [6, 6.07) is 8.82. The number of halogens is 1. The summed E-state index contributed by atoms with van der Waals surface area (Å²) < 4.78 is 0. The summed E-state index contributed by atoms with van der Waals surface area (Å²) in [7, 11) is 0. The Hall–Kier alpha value is -2.72. The van der Waals surface area contributed by atoms with Crippen molar-refractivity contribution < 1.29 is 9.90 Å². The topological polar surface area (TPSA) is 96.3 Å². The van der Waals surface area contributed by atoms with Gasteiger partial charge in [0.1, 0.15) is 11.7 Å². The lowest BCUT2D eigenvalue weighted by Crippen LogP contribution is -2.58. The highest BCUT2D eigenvalue weighted by atomic mass is 35.5. The van der Waals surface area contributed by atoms with E-state index in [2.05, 4.69) is 50.2 Å². The zero-order valence-electron chi connectivity index (χ0n) is 23.7. The third-order valence-electron chi connectivity index (χ3n) is 8.43. The lowest BCUT2D eigenvalue weighted by molar-refractivity contribution is 0.0608. The van der Waals surface area contributed by atoms with Crippen molar-refractivity contribution in [2.45, 2.75) is 51.7 Å². The SMILES string of the molecule is CCC1CN(c2ncc(C3=NCCN3)cc2C)CCN1C1CCN(Cc2ccc(Cl)cc2C(=O)NCCO)CC1. The number of pyridine rings is 1. The van der Waals surface area contributed by atoms with Crippen molar-refractivity contribution in [2.75, 3.05) is 63.9 Å². The molecule has 0 saturated carbocycles. The Bertz CT molecular complexity index is 1210. The lowest BCUT2D eigenvalue weighted by Gasteiger charge is -2.48. The number of aliphatic hydroxyl groups is 1. The van der Waals surface area contributed by atoms with Gasteiger partial charge >= 0.3 is 0 Å². The molecule has 2 aromatic rings. The fraction of sp³-hybridized carbons (Fsp3) is 0.567. The number of rotatable bonds is 9. The van der Waals surface area contributed by atoms with Crippen LogP contribution in [0.1, 0.15) is 53.2 Å². The largest absolute Gasteiger partial charge is 0.395 e. The predicted molar refractivity (Wildman–Crippen MR) is 161 cm³/mol. The number of benzene rings is 1. The highest BCUT2D eigenvalue weighted by Crippen LogP contribution is 2.28.